The largest absolute Gasteiger partial charge is 0.508 e. The molecule has 0 amide bonds. The Morgan fingerprint density at radius 3 is 2.78 bits per heavy atom. The van der Waals surface area contributed by atoms with Crippen molar-refractivity contribution in [1.82, 2.24) is 0 Å². The van der Waals surface area contributed by atoms with Crippen molar-refractivity contribution in [2.75, 3.05) is 5.32 Å². The van der Waals surface area contributed by atoms with Gasteiger partial charge in [0.15, 0.2) is 0 Å². The molecule has 2 nitrogen and oxygen atoms in total. The number of aromatic hydroxyl groups is 1. The van der Waals surface area contributed by atoms with Gasteiger partial charge in [-0.3, -0.25) is 0 Å². The van der Waals surface area contributed by atoms with Crippen LogP contribution in [0.15, 0.2) is 36.4 Å². The average Bonchev–Trinajstić information content (AvgIpc) is 2.34. The van der Waals surface area contributed by atoms with Crippen molar-refractivity contribution >= 4 is 39.9 Å². The number of hydrogen-bond donors (Lipinski definition) is 2. The van der Waals surface area contributed by atoms with E-state index in [-0.39, 0.29) is 11.6 Å². The van der Waals surface area contributed by atoms with E-state index < -0.39 is 0 Å². The topological polar surface area (TPSA) is 32.3 Å². The molecule has 2 rings (SSSR count). The van der Waals surface area contributed by atoms with Crippen LogP contribution in [0.25, 0.3) is 0 Å². The molecule has 0 saturated carbocycles. The van der Waals surface area contributed by atoms with Crippen molar-refractivity contribution in [2.45, 2.75) is 6.54 Å². The summed E-state index contributed by atoms with van der Waals surface area (Å²) in [5.74, 6) is -0.316. The minimum atomic E-state index is -0.377. The minimum Gasteiger partial charge on any atom is -0.508 e. The number of phenols is 1. The Kier molecular flexibility index (Phi) is 4.29. The molecule has 0 saturated heterocycles. The molecule has 0 aliphatic carbocycles. The molecule has 0 bridgehead atoms. The molecule has 2 aromatic rings. The predicted molar refractivity (Wildman–Crippen MR) is 79.6 cm³/mol. The van der Waals surface area contributed by atoms with E-state index in [1.807, 2.05) is 12.1 Å². The van der Waals surface area contributed by atoms with Crippen LogP contribution in [0.3, 0.4) is 0 Å². The van der Waals surface area contributed by atoms with E-state index in [9.17, 15) is 9.50 Å². The monoisotopic (exact) mass is 377 g/mol. The van der Waals surface area contributed by atoms with Crippen molar-refractivity contribution in [3.63, 3.8) is 0 Å². The molecule has 2 aromatic carbocycles. The summed E-state index contributed by atoms with van der Waals surface area (Å²) in [6.45, 7) is 0.309. The Morgan fingerprint density at radius 1 is 1.22 bits per heavy atom. The van der Waals surface area contributed by atoms with Gasteiger partial charge in [-0.2, -0.15) is 0 Å². The van der Waals surface area contributed by atoms with E-state index in [2.05, 4.69) is 27.9 Å². The van der Waals surface area contributed by atoms with Crippen molar-refractivity contribution in [1.29, 1.82) is 0 Å². The van der Waals surface area contributed by atoms with Gasteiger partial charge in [-0.1, -0.05) is 11.6 Å². The highest BCUT2D eigenvalue weighted by Crippen LogP contribution is 2.26. The normalized spacial score (nSPS) is 10.4. The lowest BCUT2D eigenvalue weighted by Crippen LogP contribution is -2.01. The lowest BCUT2D eigenvalue weighted by Gasteiger charge is -2.10. The molecular weight excluding hydrogens is 368 g/mol. The number of halogens is 3. The van der Waals surface area contributed by atoms with Gasteiger partial charge in [-0.15, -0.1) is 0 Å². The SMILES string of the molecule is Oc1ccc(F)cc1CNc1cc(I)ccc1Cl. The molecule has 0 aliphatic heterocycles. The average molecular weight is 378 g/mol. The molecule has 5 heteroatoms. The van der Waals surface area contributed by atoms with Crippen LogP contribution >= 0.6 is 34.2 Å². The van der Waals surface area contributed by atoms with E-state index in [4.69, 9.17) is 11.6 Å². The number of benzene rings is 2. The minimum absolute atomic E-state index is 0.0608. The van der Waals surface area contributed by atoms with Gasteiger partial charge in [0.05, 0.1) is 10.7 Å². The number of phenolic OH excluding ortho intramolecular Hbond substituents is 1. The Morgan fingerprint density at radius 2 is 2.00 bits per heavy atom. The highest BCUT2D eigenvalue weighted by molar-refractivity contribution is 14.1. The maximum atomic E-state index is 13.1. The second-order valence-corrected chi connectivity index (χ2v) is 5.40. The first-order valence-electron chi connectivity index (χ1n) is 5.22. The third kappa shape index (κ3) is 3.26. The quantitative estimate of drug-likeness (QED) is 0.777. The number of rotatable bonds is 3. The molecule has 0 aromatic heterocycles. The van der Waals surface area contributed by atoms with E-state index in [1.54, 1.807) is 6.07 Å². The first kappa shape index (κ1) is 13.4. The zero-order valence-electron chi connectivity index (χ0n) is 9.25. The van der Waals surface area contributed by atoms with Crippen molar-refractivity contribution in [2.24, 2.45) is 0 Å². The Bertz CT molecular complexity index is 525. The Balaban J connectivity index is 2.16. The molecule has 0 spiro atoms. The first-order chi connectivity index (χ1) is 8.56. The van der Waals surface area contributed by atoms with Gasteiger partial charge in [0.25, 0.3) is 0 Å². The predicted octanol–water partition coefficient (Wildman–Crippen LogP) is 4.40. The maximum absolute atomic E-state index is 13.1. The van der Waals surface area contributed by atoms with Crippen LogP contribution in [-0.2, 0) is 6.54 Å². The van der Waals surface area contributed by atoms with Crippen LogP contribution in [0.5, 0.6) is 5.75 Å². The van der Waals surface area contributed by atoms with Crippen molar-refractivity contribution < 1.29 is 9.50 Å². The first-order valence-corrected chi connectivity index (χ1v) is 6.68. The molecule has 2 N–H and O–H groups in total. The molecule has 0 aliphatic rings. The van der Waals surface area contributed by atoms with Crippen LogP contribution in [0, 0.1) is 9.39 Å². The van der Waals surface area contributed by atoms with Gasteiger partial charge < -0.3 is 10.4 Å². The lowest BCUT2D eigenvalue weighted by atomic mass is 10.2. The van der Waals surface area contributed by atoms with Crippen LogP contribution in [0.2, 0.25) is 5.02 Å². The number of anilines is 1. The van der Waals surface area contributed by atoms with Gasteiger partial charge in [0.2, 0.25) is 0 Å². The zero-order valence-corrected chi connectivity index (χ0v) is 12.2. The summed E-state index contributed by atoms with van der Waals surface area (Å²) in [7, 11) is 0. The zero-order chi connectivity index (χ0) is 13.1. The van der Waals surface area contributed by atoms with Crippen LogP contribution in [-0.4, -0.2) is 5.11 Å². The van der Waals surface area contributed by atoms with E-state index in [1.165, 1.54) is 18.2 Å². The molecule has 0 atom stereocenters. The molecule has 0 fully saturated rings. The molecule has 0 heterocycles. The van der Waals surface area contributed by atoms with E-state index in [0.717, 1.165) is 9.26 Å². The summed E-state index contributed by atoms with van der Waals surface area (Å²) in [5.41, 5.74) is 1.25. The fourth-order valence-corrected chi connectivity index (χ4v) is 2.19. The molecule has 94 valence electrons. The summed E-state index contributed by atoms with van der Waals surface area (Å²) >= 11 is 8.21. The molecule has 18 heavy (non-hydrogen) atoms. The van der Waals surface area contributed by atoms with Gasteiger partial charge >= 0.3 is 0 Å². The van der Waals surface area contributed by atoms with Crippen LogP contribution < -0.4 is 5.32 Å². The third-order valence-electron chi connectivity index (χ3n) is 2.44. The van der Waals surface area contributed by atoms with Crippen molar-refractivity contribution in [3.8, 4) is 5.75 Å². The molecule has 0 radical (unpaired) electrons. The summed E-state index contributed by atoms with van der Waals surface area (Å²) in [6, 6.07) is 9.42. The van der Waals surface area contributed by atoms with Crippen LogP contribution in [0.1, 0.15) is 5.56 Å². The molecule has 0 unspecified atom stereocenters. The van der Waals surface area contributed by atoms with Gasteiger partial charge in [-0.25, -0.2) is 4.39 Å². The highest BCUT2D eigenvalue weighted by Gasteiger charge is 2.05. The van der Waals surface area contributed by atoms with Gasteiger partial charge in [0, 0.05) is 15.7 Å². The van der Waals surface area contributed by atoms with Gasteiger partial charge in [0.1, 0.15) is 11.6 Å². The summed E-state index contributed by atoms with van der Waals surface area (Å²) in [4.78, 5) is 0. The number of nitrogens with one attached hydrogen (secondary N) is 1. The maximum Gasteiger partial charge on any atom is 0.123 e. The Hall–Kier alpha value is -1.01. The number of hydrogen-bond acceptors (Lipinski definition) is 2. The second kappa shape index (κ2) is 5.75. The Labute approximate surface area is 123 Å². The van der Waals surface area contributed by atoms with Crippen LogP contribution in [0.4, 0.5) is 10.1 Å². The summed E-state index contributed by atoms with van der Waals surface area (Å²) in [5, 5.41) is 13.3. The fourth-order valence-electron chi connectivity index (χ4n) is 1.52. The third-order valence-corrected chi connectivity index (χ3v) is 3.44. The summed E-state index contributed by atoms with van der Waals surface area (Å²) in [6.07, 6.45) is 0. The molecular formula is C13H10ClFINO. The lowest BCUT2D eigenvalue weighted by molar-refractivity contribution is 0.466. The van der Waals surface area contributed by atoms with Gasteiger partial charge in [-0.05, 0) is 59.0 Å². The van der Waals surface area contributed by atoms with E-state index >= 15 is 0 Å². The van der Waals surface area contributed by atoms with E-state index in [0.29, 0.717) is 17.1 Å². The smallest absolute Gasteiger partial charge is 0.123 e. The summed E-state index contributed by atoms with van der Waals surface area (Å²) < 4.78 is 14.1. The standard InChI is InChI=1S/C13H10ClFINO/c14-11-3-2-10(16)6-12(11)17-7-8-5-9(15)1-4-13(8)18/h1-6,17-18H,7H2. The second-order valence-electron chi connectivity index (χ2n) is 3.75. The van der Waals surface area contributed by atoms with Crippen molar-refractivity contribution in [3.05, 3.63) is 56.4 Å². The fraction of sp³-hybridized carbons (Fsp3) is 0.0769. The highest BCUT2D eigenvalue weighted by atomic mass is 127.